The molecular weight excluding hydrogens is 200 g/mol. The van der Waals surface area contributed by atoms with Gasteiger partial charge in [0.1, 0.15) is 0 Å². The first kappa shape index (κ1) is 12.3. The SMILES string of the molecule is CCC1(CN2CCOC(C)C2)CCCNC1. The molecule has 0 spiro atoms. The van der Waals surface area contributed by atoms with Gasteiger partial charge in [0.15, 0.2) is 0 Å². The van der Waals surface area contributed by atoms with Gasteiger partial charge in [-0.2, -0.15) is 0 Å². The van der Waals surface area contributed by atoms with Gasteiger partial charge in [-0.3, -0.25) is 4.90 Å². The van der Waals surface area contributed by atoms with E-state index in [-0.39, 0.29) is 0 Å². The third kappa shape index (κ3) is 2.96. The second-order valence-electron chi connectivity index (χ2n) is 5.55. The van der Waals surface area contributed by atoms with Crippen LogP contribution < -0.4 is 5.32 Å². The quantitative estimate of drug-likeness (QED) is 0.789. The zero-order valence-electron chi connectivity index (χ0n) is 10.8. The Labute approximate surface area is 99.5 Å². The Balaban J connectivity index is 1.89. The van der Waals surface area contributed by atoms with Gasteiger partial charge in [0.05, 0.1) is 12.7 Å². The lowest BCUT2D eigenvalue weighted by Gasteiger charge is -2.43. The lowest BCUT2D eigenvalue weighted by molar-refractivity contribution is -0.0357. The summed E-state index contributed by atoms with van der Waals surface area (Å²) in [7, 11) is 0. The highest BCUT2D eigenvalue weighted by Crippen LogP contribution is 2.31. The molecule has 0 saturated carbocycles. The Morgan fingerprint density at radius 3 is 3.00 bits per heavy atom. The van der Waals surface area contributed by atoms with E-state index in [1.165, 1.54) is 38.9 Å². The monoisotopic (exact) mass is 226 g/mol. The van der Waals surface area contributed by atoms with Crippen LogP contribution in [0.5, 0.6) is 0 Å². The molecule has 2 rings (SSSR count). The first-order chi connectivity index (χ1) is 7.74. The highest BCUT2D eigenvalue weighted by molar-refractivity contribution is 4.88. The summed E-state index contributed by atoms with van der Waals surface area (Å²) in [5, 5.41) is 3.57. The molecule has 2 aliphatic rings. The predicted molar refractivity (Wildman–Crippen MR) is 66.7 cm³/mol. The van der Waals surface area contributed by atoms with Gasteiger partial charge < -0.3 is 10.1 Å². The molecule has 0 aromatic carbocycles. The van der Waals surface area contributed by atoms with E-state index in [1.807, 2.05) is 0 Å². The Hall–Kier alpha value is -0.120. The van der Waals surface area contributed by atoms with Crippen LogP contribution in [0, 0.1) is 5.41 Å². The van der Waals surface area contributed by atoms with Gasteiger partial charge >= 0.3 is 0 Å². The van der Waals surface area contributed by atoms with E-state index in [9.17, 15) is 0 Å². The zero-order valence-corrected chi connectivity index (χ0v) is 10.8. The average molecular weight is 226 g/mol. The Morgan fingerprint density at radius 1 is 1.50 bits per heavy atom. The molecule has 0 amide bonds. The molecule has 2 aliphatic heterocycles. The minimum absolute atomic E-state index is 0.416. The minimum Gasteiger partial charge on any atom is -0.376 e. The zero-order chi connectivity index (χ0) is 11.4. The third-order valence-electron chi connectivity index (χ3n) is 4.19. The molecule has 3 nitrogen and oxygen atoms in total. The number of nitrogens with one attached hydrogen (secondary N) is 1. The number of morpholine rings is 1. The first-order valence-corrected chi connectivity index (χ1v) is 6.79. The van der Waals surface area contributed by atoms with Crippen molar-refractivity contribution in [1.29, 1.82) is 0 Å². The van der Waals surface area contributed by atoms with E-state index in [0.717, 1.165) is 19.7 Å². The Bertz CT molecular complexity index is 214. The fourth-order valence-electron chi connectivity index (χ4n) is 3.09. The molecule has 2 atom stereocenters. The number of hydrogen-bond acceptors (Lipinski definition) is 3. The topological polar surface area (TPSA) is 24.5 Å². The van der Waals surface area contributed by atoms with Crippen molar-refractivity contribution in [2.75, 3.05) is 39.3 Å². The molecule has 0 radical (unpaired) electrons. The molecule has 94 valence electrons. The van der Waals surface area contributed by atoms with Crippen molar-refractivity contribution in [3.63, 3.8) is 0 Å². The maximum Gasteiger partial charge on any atom is 0.0674 e. The lowest BCUT2D eigenvalue weighted by atomic mass is 9.78. The molecule has 0 bridgehead atoms. The molecule has 0 aromatic heterocycles. The summed E-state index contributed by atoms with van der Waals surface area (Å²) in [4.78, 5) is 2.60. The summed E-state index contributed by atoms with van der Waals surface area (Å²) >= 11 is 0. The maximum atomic E-state index is 5.61. The van der Waals surface area contributed by atoms with Crippen LogP contribution in [0.4, 0.5) is 0 Å². The van der Waals surface area contributed by atoms with Gasteiger partial charge in [-0.1, -0.05) is 6.92 Å². The van der Waals surface area contributed by atoms with Gasteiger partial charge in [-0.25, -0.2) is 0 Å². The second-order valence-corrected chi connectivity index (χ2v) is 5.55. The van der Waals surface area contributed by atoms with Crippen molar-refractivity contribution in [3.8, 4) is 0 Å². The van der Waals surface area contributed by atoms with Crippen LogP contribution in [0.25, 0.3) is 0 Å². The lowest BCUT2D eigenvalue weighted by Crippen LogP contribution is -2.51. The van der Waals surface area contributed by atoms with Crippen LogP contribution in [-0.2, 0) is 4.74 Å². The number of nitrogens with zero attached hydrogens (tertiary/aromatic N) is 1. The molecular formula is C13H26N2O. The van der Waals surface area contributed by atoms with Crippen LogP contribution in [0.3, 0.4) is 0 Å². The first-order valence-electron chi connectivity index (χ1n) is 6.79. The van der Waals surface area contributed by atoms with E-state index in [2.05, 4.69) is 24.1 Å². The summed E-state index contributed by atoms with van der Waals surface area (Å²) in [6, 6.07) is 0. The third-order valence-corrected chi connectivity index (χ3v) is 4.19. The number of ether oxygens (including phenoxy) is 1. The van der Waals surface area contributed by atoms with Crippen LogP contribution in [0.15, 0.2) is 0 Å². The second kappa shape index (κ2) is 5.48. The highest BCUT2D eigenvalue weighted by atomic mass is 16.5. The minimum atomic E-state index is 0.416. The normalized spacial score (nSPS) is 37.5. The molecule has 2 heterocycles. The molecule has 0 aromatic rings. The highest BCUT2D eigenvalue weighted by Gasteiger charge is 2.33. The van der Waals surface area contributed by atoms with Gasteiger partial charge in [0.2, 0.25) is 0 Å². The van der Waals surface area contributed by atoms with Crippen molar-refractivity contribution in [2.24, 2.45) is 5.41 Å². The summed E-state index contributed by atoms with van der Waals surface area (Å²) in [5.74, 6) is 0. The molecule has 2 unspecified atom stereocenters. The Morgan fingerprint density at radius 2 is 2.38 bits per heavy atom. The number of rotatable bonds is 3. The van der Waals surface area contributed by atoms with Crippen molar-refractivity contribution in [2.45, 2.75) is 39.2 Å². The van der Waals surface area contributed by atoms with E-state index in [1.54, 1.807) is 0 Å². The number of piperidine rings is 1. The predicted octanol–water partition coefficient (Wildman–Crippen LogP) is 1.49. The van der Waals surface area contributed by atoms with Gasteiger partial charge in [-0.05, 0) is 38.1 Å². The average Bonchev–Trinajstić information content (AvgIpc) is 2.30. The van der Waals surface area contributed by atoms with Gasteiger partial charge in [-0.15, -0.1) is 0 Å². The summed E-state index contributed by atoms with van der Waals surface area (Å²) < 4.78 is 5.61. The fourth-order valence-corrected chi connectivity index (χ4v) is 3.09. The van der Waals surface area contributed by atoms with Crippen LogP contribution in [0.1, 0.15) is 33.1 Å². The maximum absolute atomic E-state index is 5.61. The van der Waals surface area contributed by atoms with Crippen LogP contribution >= 0.6 is 0 Å². The molecule has 0 aliphatic carbocycles. The summed E-state index contributed by atoms with van der Waals surface area (Å²) in [6.07, 6.45) is 4.45. The number of hydrogen-bond donors (Lipinski definition) is 1. The van der Waals surface area contributed by atoms with Crippen LogP contribution in [-0.4, -0.2) is 50.3 Å². The van der Waals surface area contributed by atoms with E-state index < -0.39 is 0 Å². The van der Waals surface area contributed by atoms with Crippen LogP contribution in [0.2, 0.25) is 0 Å². The summed E-state index contributed by atoms with van der Waals surface area (Å²) in [5.41, 5.74) is 0.523. The Kier molecular flexibility index (Phi) is 4.22. The van der Waals surface area contributed by atoms with Crippen molar-refractivity contribution >= 4 is 0 Å². The smallest absolute Gasteiger partial charge is 0.0674 e. The molecule has 2 fully saturated rings. The van der Waals surface area contributed by atoms with Crippen molar-refractivity contribution in [3.05, 3.63) is 0 Å². The van der Waals surface area contributed by atoms with E-state index in [4.69, 9.17) is 4.74 Å². The molecule has 1 N–H and O–H groups in total. The largest absolute Gasteiger partial charge is 0.376 e. The van der Waals surface area contributed by atoms with Gasteiger partial charge in [0.25, 0.3) is 0 Å². The fraction of sp³-hybridized carbons (Fsp3) is 1.00. The standard InChI is InChI=1S/C13H26N2O/c1-3-13(5-4-6-14-10-13)11-15-7-8-16-12(2)9-15/h12,14H,3-11H2,1-2H3. The van der Waals surface area contributed by atoms with E-state index >= 15 is 0 Å². The van der Waals surface area contributed by atoms with Crippen molar-refractivity contribution in [1.82, 2.24) is 10.2 Å². The molecule has 2 saturated heterocycles. The van der Waals surface area contributed by atoms with Gasteiger partial charge in [0, 0.05) is 26.2 Å². The van der Waals surface area contributed by atoms with Crippen molar-refractivity contribution < 1.29 is 4.74 Å². The molecule has 16 heavy (non-hydrogen) atoms. The summed E-state index contributed by atoms with van der Waals surface area (Å²) in [6.45, 7) is 11.3. The van der Waals surface area contributed by atoms with E-state index in [0.29, 0.717) is 11.5 Å². The molecule has 3 heteroatoms.